The van der Waals surface area contributed by atoms with E-state index in [-0.39, 0.29) is 0 Å². The van der Waals surface area contributed by atoms with E-state index in [9.17, 15) is 9.59 Å². The van der Waals surface area contributed by atoms with Gasteiger partial charge in [0.25, 0.3) is 0 Å². The third kappa shape index (κ3) is 4.08. The monoisotopic (exact) mass is 268 g/mol. The molecule has 1 aliphatic rings. The number of hydrogen-bond acceptors (Lipinski definition) is 4. The molecule has 1 saturated carbocycles. The van der Waals surface area contributed by atoms with Crippen molar-refractivity contribution in [1.29, 1.82) is 0 Å². The number of allylic oxidation sites excluding steroid dienone is 2. The topological polar surface area (TPSA) is 52.6 Å². The number of ether oxygens (including phenoxy) is 2. The van der Waals surface area contributed by atoms with Crippen molar-refractivity contribution in [2.75, 3.05) is 14.2 Å². The van der Waals surface area contributed by atoms with E-state index in [1.54, 1.807) is 6.92 Å². The Morgan fingerprint density at radius 1 is 1.11 bits per heavy atom. The molecule has 4 nitrogen and oxygen atoms in total. The van der Waals surface area contributed by atoms with Crippen LogP contribution in [0.1, 0.15) is 45.4 Å². The Labute approximate surface area is 115 Å². The number of carbonyl (C=O) groups is 2. The van der Waals surface area contributed by atoms with E-state index in [2.05, 4.69) is 6.08 Å². The first-order valence-corrected chi connectivity index (χ1v) is 6.88. The van der Waals surface area contributed by atoms with Gasteiger partial charge < -0.3 is 9.47 Å². The van der Waals surface area contributed by atoms with Gasteiger partial charge in [-0.1, -0.05) is 31.4 Å². The van der Waals surface area contributed by atoms with Crippen LogP contribution in [0.25, 0.3) is 0 Å². The van der Waals surface area contributed by atoms with Gasteiger partial charge in [-0.15, -0.1) is 0 Å². The smallest absolute Gasteiger partial charge is 0.323 e. The summed E-state index contributed by atoms with van der Waals surface area (Å²) in [7, 11) is 2.57. The molecule has 4 heteroatoms. The Morgan fingerprint density at radius 3 is 2.11 bits per heavy atom. The van der Waals surface area contributed by atoms with Crippen LogP contribution in [-0.4, -0.2) is 26.2 Å². The molecule has 19 heavy (non-hydrogen) atoms. The van der Waals surface area contributed by atoms with Crippen LogP contribution in [0.15, 0.2) is 12.2 Å². The Morgan fingerprint density at radius 2 is 1.63 bits per heavy atom. The van der Waals surface area contributed by atoms with Crippen LogP contribution in [0.3, 0.4) is 0 Å². The van der Waals surface area contributed by atoms with E-state index >= 15 is 0 Å². The minimum atomic E-state index is -1.24. The van der Waals surface area contributed by atoms with E-state index < -0.39 is 17.4 Å². The van der Waals surface area contributed by atoms with Crippen LogP contribution in [0.4, 0.5) is 0 Å². The lowest BCUT2D eigenvalue weighted by atomic mass is 9.84. The lowest BCUT2D eigenvalue weighted by molar-refractivity contribution is -0.167. The first-order chi connectivity index (χ1) is 9.04. The molecule has 0 heterocycles. The van der Waals surface area contributed by atoms with Crippen molar-refractivity contribution in [3.63, 3.8) is 0 Å². The molecular formula is C15H24O4. The molecule has 0 bridgehead atoms. The van der Waals surface area contributed by atoms with Gasteiger partial charge in [0.2, 0.25) is 0 Å². The molecule has 0 aromatic carbocycles. The SMILES string of the molecule is COC(=O)C(C)(C/C=C/C1CCCCC1)C(=O)OC. The summed E-state index contributed by atoms with van der Waals surface area (Å²) in [5.74, 6) is -0.520. The van der Waals surface area contributed by atoms with Gasteiger partial charge in [-0.3, -0.25) is 9.59 Å². The Balaban J connectivity index is 2.64. The number of esters is 2. The average molecular weight is 268 g/mol. The molecule has 0 amide bonds. The minimum absolute atomic E-state index is 0.322. The largest absolute Gasteiger partial charge is 0.468 e. The summed E-state index contributed by atoms with van der Waals surface area (Å²) >= 11 is 0. The first kappa shape index (κ1) is 15.7. The van der Waals surface area contributed by atoms with Crippen molar-refractivity contribution in [2.45, 2.75) is 45.4 Å². The van der Waals surface area contributed by atoms with Gasteiger partial charge in [0.1, 0.15) is 0 Å². The molecule has 1 fully saturated rings. The third-order valence-electron chi connectivity index (χ3n) is 3.86. The van der Waals surface area contributed by atoms with E-state index in [4.69, 9.17) is 9.47 Å². The molecule has 0 radical (unpaired) electrons. The van der Waals surface area contributed by atoms with Gasteiger partial charge in [-0.05, 0) is 32.1 Å². The quantitative estimate of drug-likeness (QED) is 0.437. The summed E-state index contributed by atoms with van der Waals surface area (Å²) in [6, 6.07) is 0. The second-order valence-electron chi connectivity index (χ2n) is 5.35. The number of methoxy groups -OCH3 is 2. The summed E-state index contributed by atoms with van der Waals surface area (Å²) < 4.78 is 9.41. The van der Waals surface area contributed by atoms with Gasteiger partial charge in [0.15, 0.2) is 5.41 Å². The zero-order valence-corrected chi connectivity index (χ0v) is 12.1. The maximum Gasteiger partial charge on any atom is 0.323 e. The highest BCUT2D eigenvalue weighted by atomic mass is 16.5. The fourth-order valence-corrected chi connectivity index (χ4v) is 2.52. The summed E-state index contributed by atoms with van der Waals surface area (Å²) in [5.41, 5.74) is -1.24. The fraction of sp³-hybridized carbons (Fsp3) is 0.733. The lowest BCUT2D eigenvalue weighted by Crippen LogP contribution is -2.38. The van der Waals surface area contributed by atoms with Crippen LogP contribution in [0.5, 0.6) is 0 Å². The Kier molecular flexibility index (Phi) is 6.06. The van der Waals surface area contributed by atoms with E-state index in [0.29, 0.717) is 12.3 Å². The van der Waals surface area contributed by atoms with Gasteiger partial charge in [0.05, 0.1) is 14.2 Å². The predicted molar refractivity (Wildman–Crippen MR) is 72.5 cm³/mol. The number of hydrogen-bond donors (Lipinski definition) is 0. The predicted octanol–water partition coefficient (Wildman–Crippen LogP) is 2.87. The van der Waals surface area contributed by atoms with Crippen molar-refractivity contribution in [3.8, 4) is 0 Å². The molecule has 0 unspecified atom stereocenters. The van der Waals surface area contributed by atoms with Crippen LogP contribution >= 0.6 is 0 Å². The lowest BCUT2D eigenvalue weighted by Gasteiger charge is -2.23. The normalized spacial score (nSPS) is 17.4. The van der Waals surface area contributed by atoms with Crippen LogP contribution < -0.4 is 0 Å². The van der Waals surface area contributed by atoms with Gasteiger partial charge in [0, 0.05) is 0 Å². The molecule has 0 aromatic heterocycles. The molecule has 0 aromatic rings. The summed E-state index contributed by atoms with van der Waals surface area (Å²) in [6.07, 6.45) is 10.6. The molecule has 1 aliphatic carbocycles. The van der Waals surface area contributed by atoms with Crippen LogP contribution in [-0.2, 0) is 19.1 Å². The maximum absolute atomic E-state index is 11.8. The standard InChI is InChI=1S/C15H24O4/c1-15(13(16)18-2,14(17)19-3)11-7-10-12-8-5-4-6-9-12/h7,10,12H,4-6,8-9,11H2,1-3H3/b10-7+. The summed E-state index contributed by atoms with van der Waals surface area (Å²) in [5, 5.41) is 0. The van der Waals surface area contributed by atoms with Crippen LogP contribution in [0.2, 0.25) is 0 Å². The van der Waals surface area contributed by atoms with Gasteiger partial charge in [-0.2, -0.15) is 0 Å². The summed E-state index contributed by atoms with van der Waals surface area (Å²) in [6.45, 7) is 1.57. The molecule has 0 atom stereocenters. The van der Waals surface area contributed by atoms with E-state index in [0.717, 1.165) is 0 Å². The highest BCUT2D eigenvalue weighted by molar-refractivity contribution is 5.99. The molecule has 0 spiro atoms. The Bertz CT molecular complexity index is 324. The number of rotatable bonds is 5. The van der Waals surface area contributed by atoms with Crippen LogP contribution in [0, 0.1) is 11.3 Å². The molecule has 0 N–H and O–H groups in total. The zero-order chi connectivity index (χ0) is 14.3. The minimum Gasteiger partial charge on any atom is -0.468 e. The van der Waals surface area contributed by atoms with Crippen molar-refractivity contribution < 1.29 is 19.1 Å². The summed E-state index contributed by atoms with van der Waals surface area (Å²) in [4.78, 5) is 23.5. The van der Waals surface area contributed by atoms with E-state index in [1.807, 2.05) is 6.08 Å². The second-order valence-corrected chi connectivity index (χ2v) is 5.35. The van der Waals surface area contributed by atoms with Gasteiger partial charge >= 0.3 is 11.9 Å². The molecular weight excluding hydrogens is 244 g/mol. The average Bonchev–Trinajstić information content (AvgIpc) is 2.46. The molecule has 0 aliphatic heterocycles. The number of carbonyl (C=O) groups excluding carboxylic acids is 2. The Hall–Kier alpha value is -1.32. The molecule has 1 rings (SSSR count). The zero-order valence-electron chi connectivity index (χ0n) is 12.1. The van der Waals surface area contributed by atoms with Crippen molar-refractivity contribution in [1.82, 2.24) is 0 Å². The highest BCUT2D eigenvalue weighted by Crippen LogP contribution is 2.28. The third-order valence-corrected chi connectivity index (χ3v) is 3.86. The maximum atomic E-state index is 11.8. The molecule has 0 saturated heterocycles. The van der Waals surface area contributed by atoms with Crippen molar-refractivity contribution >= 4 is 11.9 Å². The highest BCUT2D eigenvalue weighted by Gasteiger charge is 2.42. The van der Waals surface area contributed by atoms with Crippen molar-refractivity contribution in [2.24, 2.45) is 11.3 Å². The van der Waals surface area contributed by atoms with Crippen molar-refractivity contribution in [3.05, 3.63) is 12.2 Å². The van der Waals surface area contributed by atoms with E-state index in [1.165, 1.54) is 46.3 Å². The fourth-order valence-electron chi connectivity index (χ4n) is 2.52. The first-order valence-electron chi connectivity index (χ1n) is 6.88. The molecule has 108 valence electrons. The van der Waals surface area contributed by atoms with Gasteiger partial charge in [-0.25, -0.2) is 0 Å². The second kappa shape index (κ2) is 7.31.